The van der Waals surface area contributed by atoms with Crippen LogP contribution in [0, 0.1) is 0 Å². The van der Waals surface area contributed by atoms with Gasteiger partial charge in [0.15, 0.2) is 11.5 Å². The lowest BCUT2D eigenvalue weighted by atomic mass is 9.86. The predicted octanol–water partition coefficient (Wildman–Crippen LogP) is 4.04. The second kappa shape index (κ2) is 5.07. The average Bonchev–Trinajstić information content (AvgIpc) is 2.71. The summed E-state index contributed by atoms with van der Waals surface area (Å²) in [6, 6.07) is 3.37. The van der Waals surface area contributed by atoms with E-state index in [0.29, 0.717) is 17.2 Å². The lowest BCUT2D eigenvalue weighted by Gasteiger charge is -2.23. The van der Waals surface area contributed by atoms with E-state index < -0.39 is 19.2 Å². The van der Waals surface area contributed by atoms with E-state index in [9.17, 15) is 13.2 Å². The Labute approximate surface area is 115 Å². The second-order valence-corrected chi connectivity index (χ2v) is 5.67. The second-order valence-electron chi connectivity index (χ2n) is 5.67. The molecule has 1 aliphatic heterocycles. The normalized spacial score (nSPS) is 14.5. The van der Waals surface area contributed by atoms with Crippen LogP contribution >= 0.6 is 0 Å². The van der Waals surface area contributed by atoms with Crippen LogP contribution in [0.4, 0.5) is 13.2 Å². The summed E-state index contributed by atoms with van der Waals surface area (Å²) >= 11 is 0. The largest absolute Gasteiger partial charge is 0.493 e. The van der Waals surface area contributed by atoms with Crippen molar-refractivity contribution < 1.29 is 27.4 Å². The molecule has 0 N–H and O–H groups in total. The van der Waals surface area contributed by atoms with E-state index in [2.05, 4.69) is 0 Å². The van der Waals surface area contributed by atoms with Gasteiger partial charge in [-0.05, 0) is 11.5 Å². The third-order valence-corrected chi connectivity index (χ3v) is 2.93. The predicted molar refractivity (Wildman–Crippen MR) is 67.4 cm³/mol. The summed E-state index contributed by atoms with van der Waals surface area (Å²) in [6.45, 7) is 5.58. The van der Waals surface area contributed by atoms with Crippen LogP contribution in [0.2, 0.25) is 0 Å². The minimum Gasteiger partial charge on any atom is -0.493 e. The van der Waals surface area contributed by atoms with Crippen molar-refractivity contribution in [2.45, 2.75) is 38.8 Å². The first-order valence-electron chi connectivity index (χ1n) is 6.30. The number of rotatable bonds is 3. The molecule has 1 aromatic carbocycles. The van der Waals surface area contributed by atoms with Crippen LogP contribution in [-0.4, -0.2) is 19.6 Å². The van der Waals surface area contributed by atoms with Gasteiger partial charge in [0.05, 0.1) is 13.0 Å². The minimum absolute atomic E-state index is 0.116. The summed E-state index contributed by atoms with van der Waals surface area (Å²) in [7, 11) is 0. The number of hydrogen-bond donors (Lipinski definition) is 0. The Morgan fingerprint density at radius 1 is 1.10 bits per heavy atom. The molecule has 2 rings (SSSR count). The summed E-state index contributed by atoms with van der Waals surface area (Å²) in [5, 5.41) is 0. The fourth-order valence-corrected chi connectivity index (χ4v) is 1.91. The molecule has 0 saturated heterocycles. The molecule has 20 heavy (non-hydrogen) atoms. The molecule has 0 aromatic heterocycles. The van der Waals surface area contributed by atoms with E-state index in [1.807, 2.05) is 20.8 Å². The van der Waals surface area contributed by atoms with Gasteiger partial charge in [-0.1, -0.05) is 20.8 Å². The smallest absolute Gasteiger partial charge is 0.392 e. The van der Waals surface area contributed by atoms with Crippen molar-refractivity contribution in [3.63, 3.8) is 0 Å². The summed E-state index contributed by atoms with van der Waals surface area (Å²) in [5.41, 5.74) is 0.526. The van der Waals surface area contributed by atoms with E-state index in [1.54, 1.807) is 12.1 Å². The SMILES string of the molecule is CC(C)(C)c1cc2c(cc1OCCC(F)(F)F)OCO2. The molecule has 0 amide bonds. The van der Waals surface area contributed by atoms with Crippen molar-refractivity contribution in [3.05, 3.63) is 17.7 Å². The van der Waals surface area contributed by atoms with Gasteiger partial charge in [-0.2, -0.15) is 13.2 Å². The first-order valence-corrected chi connectivity index (χ1v) is 6.30. The fraction of sp³-hybridized carbons (Fsp3) is 0.571. The Kier molecular flexibility index (Phi) is 3.75. The van der Waals surface area contributed by atoms with Crippen molar-refractivity contribution >= 4 is 0 Å². The van der Waals surface area contributed by atoms with Gasteiger partial charge in [0, 0.05) is 11.6 Å². The maximum Gasteiger partial charge on any atom is 0.392 e. The molecule has 0 fully saturated rings. The molecule has 1 aliphatic rings. The van der Waals surface area contributed by atoms with Gasteiger partial charge in [-0.25, -0.2) is 0 Å². The van der Waals surface area contributed by atoms with Crippen molar-refractivity contribution in [1.82, 2.24) is 0 Å². The van der Waals surface area contributed by atoms with E-state index in [-0.39, 0.29) is 12.2 Å². The van der Waals surface area contributed by atoms with Crippen LogP contribution in [-0.2, 0) is 5.41 Å². The molecule has 1 aromatic rings. The first kappa shape index (κ1) is 14.8. The Morgan fingerprint density at radius 3 is 2.25 bits per heavy atom. The molecule has 6 heteroatoms. The summed E-state index contributed by atoms with van der Waals surface area (Å²) in [6.07, 6.45) is -5.21. The molecule has 0 saturated carbocycles. The first-order chi connectivity index (χ1) is 9.17. The van der Waals surface area contributed by atoms with Crippen LogP contribution in [0.5, 0.6) is 17.2 Å². The van der Waals surface area contributed by atoms with Gasteiger partial charge in [0.2, 0.25) is 6.79 Å². The minimum atomic E-state index is -4.22. The molecular formula is C14H17F3O3. The van der Waals surface area contributed by atoms with Crippen molar-refractivity contribution in [2.75, 3.05) is 13.4 Å². The quantitative estimate of drug-likeness (QED) is 0.840. The summed E-state index contributed by atoms with van der Waals surface area (Å²) < 4.78 is 52.4. The maximum absolute atomic E-state index is 12.2. The summed E-state index contributed by atoms with van der Waals surface area (Å²) in [4.78, 5) is 0. The Hall–Kier alpha value is -1.59. The third kappa shape index (κ3) is 3.49. The number of benzene rings is 1. The number of halogens is 3. The molecule has 0 unspecified atom stereocenters. The fourth-order valence-electron chi connectivity index (χ4n) is 1.91. The molecule has 0 atom stereocenters. The number of fused-ring (bicyclic) bond motifs is 1. The zero-order valence-electron chi connectivity index (χ0n) is 11.6. The van der Waals surface area contributed by atoms with Gasteiger partial charge in [-0.15, -0.1) is 0 Å². The molecule has 1 heterocycles. The maximum atomic E-state index is 12.2. The zero-order valence-corrected chi connectivity index (χ0v) is 11.6. The van der Waals surface area contributed by atoms with Gasteiger partial charge >= 0.3 is 6.18 Å². The van der Waals surface area contributed by atoms with E-state index in [4.69, 9.17) is 14.2 Å². The monoisotopic (exact) mass is 290 g/mol. The number of hydrogen-bond acceptors (Lipinski definition) is 3. The molecule has 0 spiro atoms. The molecule has 112 valence electrons. The standard InChI is InChI=1S/C14H17F3O3/c1-13(2,3)9-6-11-12(20-8-19-11)7-10(9)18-5-4-14(15,16)17/h6-7H,4-5,8H2,1-3H3. The molecule has 0 bridgehead atoms. The highest BCUT2D eigenvalue weighted by atomic mass is 19.4. The van der Waals surface area contributed by atoms with Crippen LogP contribution < -0.4 is 14.2 Å². The van der Waals surface area contributed by atoms with Crippen LogP contribution in [0.25, 0.3) is 0 Å². The highest BCUT2D eigenvalue weighted by Crippen LogP contribution is 2.42. The van der Waals surface area contributed by atoms with Crippen LogP contribution in [0.3, 0.4) is 0 Å². The number of ether oxygens (including phenoxy) is 3. The van der Waals surface area contributed by atoms with Gasteiger partial charge < -0.3 is 14.2 Å². The van der Waals surface area contributed by atoms with Crippen LogP contribution in [0.1, 0.15) is 32.8 Å². The van der Waals surface area contributed by atoms with Gasteiger partial charge in [0.25, 0.3) is 0 Å². The lowest BCUT2D eigenvalue weighted by Crippen LogP contribution is -2.16. The molecule has 0 aliphatic carbocycles. The molecule has 3 nitrogen and oxygen atoms in total. The zero-order chi connectivity index (χ0) is 15.0. The highest BCUT2D eigenvalue weighted by Gasteiger charge is 2.29. The van der Waals surface area contributed by atoms with Gasteiger partial charge in [-0.3, -0.25) is 0 Å². The Balaban J connectivity index is 2.22. The van der Waals surface area contributed by atoms with Crippen LogP contribution in [0.15, 0.2) is 12.1 Å². The lowest BCUT2D eigenvalue weighted by molar-refractivity contribution is -0.139. The van der Waals surface area contributed by atoms with E-state index in [1.165, 1.54) is 0 Å². The Bertz CT molecular complexity index is 490. The summed E-state index contributed by atoms with van der Waals surface area (Å²) in [5.74, 6) is 1.50. The van der Waals surface area contributed by atoms with Crippen molar-refractivity contribution in [2.24, 2.45) is 0 Å². The average molecular weight is 290 g/mol. The van der Waals surface area contributed by atoms with E-state index >= 15 is 0 Å². The van der Waals surface area contributed by atoms with E-state index in [0.717, 1.165) is 5.56 Å². The molecule has 0 radical (unpaired) electrons. The number of alkyl halides is 3. The third-order valence-electron chi connectivity index (χ3n) is 2.93. The highest BCUT2D eigenvalue weighted by molar-refractivity contribution is 5.53. The molecular weight excluding hydrogens is 273 g/mol. The van der Waals surface area contributed by atoms with Gasteiger partial charge in [0.1, 0.15) is 5.75 Å². The van der Waals surface area contributed by atoms with Crippen molar-refractivity contribution in [1.29, 1.82) is 0 Å². The Morgan fingerprint density at radius 2 is 1.70 bits per heavy atom. The van der Waals surface area contributed by atoms with Crippen molar-refractivity contribution in [3.8, 4) is 17.2 Å². The topological polar surface area (TPSA) is 27.7 Å².